The van der Waals surface area contributed by atoms with Crippen molar-refractivity contribution in [3.63, 3.8) is 0 Å². The average Bonchev–Trinajstić information content (AvgIpc) is 2.70. The van der Waals surface area contributed by atoms with Gasteiger partial charge in [-0.2, -0.15) is 0 Å². The molecule has 29 heavy (non-hydrogen) atoms. The number of benzene rings is 2. The predicted octanol–water partition coefficient (Wildman–Crippen LogP) is 4.78. The molecular weight excluding hydrogens is 456 g/mol. The zero-order valence-electron chi connectivity index (χ0n) is 15.9. The number of nitro benzene ring substituents is 1. The van der Waals surface area contributed by atoms with Gasteiger partial charge in [0.05, 0.1) is 4.92 Å². The highest BCUT2D eigenvalue weighted by Gasteiger charge is 2.23. The van der Waals surface area contributed by atoms with E-state index >= 15 is 0 Å². The molecule has 7 nitrogen and oxygen atoms in total. The van der Waals surface area contributed by atoms with Crippen LogP contribution < -0.4 is 15.5 Å². The van der Waals surface area contributed by atoms with Gasteiger partial charge in [0.15, 0.2) is 5.11 Å². The molecule has 0 spiro atoms. The SMILES string of the molecule is Cc1cc(NC(=S)NC(=O)c2ccc(N3CCCCC3)c([N+](=O)[O-])c2)ccc1Br. The Bertz CT molecular complexity index is 961. The van der Waals surface area contributed by atoms with Crippen LogP contribution in [0.4, 0.5) is 17.1 Å². The molecule has 0 aromatic heterocycles. The van der Waals surface area contributed by atoms with Gasteiger partial charge in [-0.15, -0.1) is 0 Å². The second kappa shape index (κ2) is 9.32. The second-order valence-electron chi connectivity index (χ2n) is 6.88. The van der Waals surface area contributed by atoms with Gasteiger partial charge in [0.2, 0.25) is 0 Å². The third-order valence-electron chi connectivity index (χ3n) is 4.77. The smallest absolute Gasteiger partial charge is 0.293 e. The Hall–Kier alpha value is -2.52. The summed E-state index contributed by atoms with van der Waals surface area (Å²) in [6, 6.07) is 10.1. The van der Waals surface area contributed by atoms with Crippen LogP contribution in [0, 0.1) is 17.0 Å². The Balaban J connectivity index is 1.72. The van der Waals surface area contributed by atoms with E-state index in [0.717, 1.165) is 48.1 Å². The quantitative estimate of drug-likeness (QED) is 0.374. The van der Waals surface area contributed by atoms with Crippen molar-refractivity contribution >= 4 is 56.2 Å². The van der Waals surface area contributed by atoms with Gasteiger partial charge in [-0.05, 0) is 74.3 Å². The number of carbonyl (C=O) groups excluding carboxylic acids is 1. The summed E-state index contributed by atoms with van der Waals surface area (Å²) < 4.78 is 0.971. The fourth-order valence-electron chi connectivity index (χ4n) is 3.27. The number of nitro groups is 1. The highest BCUT2D eigenvalue weighted by atomic mass is 79.9. The Morgan fingerprint density at radius 3 is 2.55 bits per heavy atom. The van der Waals surface area contributed by atoms with E-state index in [4.69, 9.17) is 12.2 Å². The van der Waals surface area contributed by atoms with Crippen LogP contribution in [-0.2, 0) is 0 Å². The average molecular weight is 477 g/mol. The molecule has 1 saturated heterocycles. The maximum absolute atomic E-state index is 12.5. The first-order valence-electron chi connectivity index (χ1n) is 9.27. The van der Waals surface area contributed by atoms with E-state index in [2.05, 4.69) is 26.6 Å². The molecule has 2 aromatic rings. The van der Waals surface area contributed by atoms with E-state index in [1.54, 1.807) is 12.1 Å². The molecule has 3 rings (SSSR count). The minimum atomic E-state index is -0.496. The van der Waals surface area contributed by atoms with E-state index in [0.29, 0.717) is 5.69 Å². The highest BCUT2D eigenvalue weighted by Crippen LogP contribution is 2.31. The first-order valence-corrected chi connectivity index (χ1v) is 10.5. The van der Waals surface area contributed by atoms with Crippen molar-refractivity contribution in [3.8, 4) is 0 Å². The van der Waals surface area contributed by atoms with Crippen molar-refractivity contribution in [3.05, 3.63) is 62.1 Å². The number of anilines is 2. The molecule has 2 aromatic carbocycles. The molecule has 1 amide bonds. The molecule has 1 aliphatic rings. The molecule has 1 aliphatic heterocycles. The van der Waals surface area contributed by atoms with Crippen molar-refractivity contribution in [2.24, 2.45) is 0 Å². The third kappa shape index (κ3) is 5.30. The van der Waals surface area contributed by atoms with Crippen molar-refractivity contribution in [1.29, 1.82) is 0 Å². The molecule has 0 radical (unpaired) electrons. The minimum absolute atomic E-state index is 0.0676. The Morgan fingerprint density at radius 2 is 1.90 bits per heavy atom. The maximum atomic E-state index is 12.5. The monoisotopic (exact) mass is 476 g/mol. The van der Waals surface area contributed by atoms with Crippen molar-refractivity contribution < 1.29 is 9.72 Å². The van der Waals surface area contributed by atoms with Crippen LogP contribution in [0.5, 0.6) is 0 Å². The number of thiocarbonyl (C=S) groups is 1. The van der Waals surface area contributed by atoms with Gasteiger partial charge in [0.25, 0.3) is 11.6 Å². The number of amides is 1. The lowest BCUT2D eigenvalue weighted by molar-refractivity contribution is -0.384. The predicted molar refractivity (Wildman–Crippen MR) is 122 cm³/mol. The number of hydrogen-bond donors (Lipinski definition) is 2. The lowest BCUT2D eigenvalue weighted by atomic mass is 10.1. The summed E-state index contributed by atoms with van der Waals surface area (Å²) in [5.41, 5.74) is 2.43. The van der Waals surface area contributed by atoms with Crippen molar-refractivity contribution in [2.75, 3.05) is 23.3 Å². The zero-order chi connectivity index (χ0) is 21.0. The van der Waals surface area contributed by atoms with Crippen LogP contribution in [-0.4, -0.2) is 29.0 Å². The van der Waals surface area contributed by atoms with Crippen molar-refractivity contribution in [1.82, 2.24) is 5.32 Å². The van der Waals surface area contributed by atoms with Crippen LogP contribution >= 0.6 is 28.1 Å². The van der Waals surface area contributed by atoms with Crippen LogP contribution in [0.15, 0.2) is 40.9 Å². The third-order valence-corrected chi connectivity index (χ3v) is 5.87. The fourth-order valence-corrected chi connectivity index (χ4v) is 3.73. The fraction of sp³-hybridized carbons (Fsp3) is 0.300. The summed E-state index contributed by atoms with van der Waals surface area (Å²) in [7, 11) is 0. The van der Waals surface area contributed by atoms with Gasteiger partial charge in [0.1, 0.15) is 5.69 Å². The number of rotatable bonds is 4. The lowest BCUT2D eigenvalue weighted by Crippen LogP contribution is -2.34. The summed E-state index contributed by atoms with van der Waals surface area (Å²) >= 11 is 8.63. The van der Waals surface area contributed by atoms with Crippen LogP contribution in [0.25, 0.3) is 0 Å². The van der Waals surface area contributed by atoms with E-state index in [-0.39, 0.29) is 16.4 Å². The summed E-state index contributed by atoms with van der Waals surface area (Å²) in [5.74, 6) is -0.496. The van der Waals surface area contributed by atoms with E-state index in [9.17, 15) is 14.9 Å². The largest absolute Gasteiger partial charge is 0.366 e. The van der Waals surface area contributed by atoms with Crippen molar-refractivity contribution in [2.45, 2.75) is 26.2 Å². The number of carbonyl (C=O) groups is 1. The second-order valence-corrected chi connectivity index (χ2v) is 8.14. The van der Waals surface area contributed by atoms with E-state index in [1.807, 2.05) is 30.0 Å². The molecule has 2 N–H and O–H groups in total. The van der Waals surface area contributed by atoms with E-state index in [1.165, 1.54) is 6.07 Å². The number of piperidine rings is 1. The molecule has 152 valence electrons. The molecule has 0 atom stereocenters. The Morgan fingerprint density at radius 1 is 1.17 bits per heavy atom. The maximum Gasteiger partial charge on any atom is 0.293 e. The van der Waals surface area contributed by atoms with Gasteiger partial charge in [-0.25, -0.2) is 0 Å². The highest BCUT2D eigenvalue weighted by molar-refractivity contribution is 9.10. The zero-order valence-corrected chi connectivity index (χ0v) is 18.3. The van der Waals surface area contributed by atoms with Gasteiger partial charge >= 0.3 is 0 Å². The standard InChI is InChI=1S/C20H21BrN4O3S/c1-13-11-15(6-7-16(13)21)22-20(29)23-19(26)14-5-8-17(18(12-14)25(27)28)24-9-3-2-4-10-24/h5-8,11-12H,2-4,9-10H2,1H3,(H2,22,23,26,29). The minimum Gasteiger partial charge on any atom is -0.366 e. The van der Waals surface area contributed by atoms with Gasteiger partial charge in [-0.1, -0.05) is 15.9 Å². The van der Waals surface area contributed by atoms with Crippen LogP contribution in [0.2, 0.25) is 0 Å². The molecule has 0 saturated carbocycles. The number of nitrogens with one attached hydrogen (secondary N) is 2. The molecule has 0 unspecified atom stereocenters. The summed E-state index contributed by atoms with van der Waals surface area (Å²) in [5, 5.41) is 17.2. The molecule has 9 heteroatoms. The molecular formula is C20H21BrN4O3S. The number of nitrogens with zero attached hydrogens (tertiary/aromatic N) is 2. The van der Waals surface area contributed by atoms with Gasteiger partial charge in [-0.3, -0.25) is 20.2 Å². The molecule has 1 heterocycles. The summed E-state index contributed by atoms with van der Waals surface area (Å²) in [6.07, 6.45) is 3.15. The normalized spacial score (nSPS) is 13.7. The first-order chi connectivity index (χ1) is 13.8. The van der Waals surface area contributed by atoms with Crippen LogP contribution in [0.3, 0.4) is 0 Å². The Kier molecular flexibility index (Phi) is 6.81. The molecule has 1 fully saturated rings. The number of aryl methyl sites for hydroxylation is 1. The Labute approximate surface area is 182 Å². The van der Waals surface area contributed by atoms with Crippen LogP contribution in [0.1, 0.15) is 35.2 Å². The summed E-state index contributed by atoms with van der Waals surface area (Å²) in [6.45, 7) is 3.51. The number of halogens is 1. The number of hydrogen-bond acceptors (Lipinski definition) is 5. The lowest BCUT2D eigenvalue weighted by Gasteiger charge is -2.28. The van der Waals surface area contributed by atoms with E-state index < -0.39 is 10.8 Å². The first kappa shape index (κ1) is 21.2. The summed E-state index contributed by atoms with van der Waals surface area (Å²) in [4.78, 5) is 25.7. The molecule has 0 bridgehead atoms. The topological polar surface area (TPSA) is 87.5 Å². The van der Waals surface area contributed by atoms with Gasteiger partial charge in [0, 0.05) is 34.9 Å². The van der Waals surface area contributed by atoms with Gasteiger partial charge < -0.3 is 10.2 Å². The molecule has 0 aliphatic carbocycles.